The van der Waals surface area contributed by atoms with Crippen molar-refractivity contribution in [1.29, 1.82) is 0 Å². The van der Waals surface area contributed by atoms with Crippen molar-refractivity contribution in [3.05, 3.63) is 53.0 Å². The van der Waals surface area contributed by atoms with Gasteiger partial charge in [-0.15, -0.1) is 0 Å². The van der Waals surface area contributed by atoms with Crippen molar-refractivity contribution in [2.75, 3.05) is 23.5 Å². The molecule has 3 aromatic heterocycles. The fourth-order valence-corrected chi connectivity index (χ4v) is 4.99. The highest BCUT2D eigenvalue weighted by Crippen LogP contribution is 2.48. The van der Waals surface area contributed by atoms with E-state index >= 15 is 8.78 Å². The molecule has 1 amide bonds. The number of H-pyrrole nitrogens is 1. The zero-order chi connectivity index (χ0) is 28.2. The smallest absolute Gasteiger partial charge is 0.267 e. The summed E-state index contributed by atoms with van der Waals surface area (Å²) in [6.07, 6.45) is 3.97. The maximum atomic E-state index is 15.1. The van der Waals surface area contributed by atoms with Crippen molar-refractivity contribution in [2.24, 2.45) is 12.8 Å². The molecule has 0 saturated heterocycles. The Morgan fingerprint density at radius 3 is 2.41 bits per heavy atom. The molecule has 0 bridgehead atoms. The number of hydrogen-bond donors (Lipinski definition) is 3. The lowest BCUT2D eigenvalue weighted by Gasteiger charge is -2.22. The number of nitrogens with zero attached hydrogens (tertiary/aromatic N) is 6. The molecule has 0 atom stereocenters. The molecule has 1 aliphatic rings. The summed E-state index contributed by atoms with van der Waals surface area (Å²) in [6, 6.07) is 3.23. The molecule has 1 aliphatic carbocycles. The first-order valence-corrected chi connectivity index (χ1v) is 13.7. The highest BCUT2D eigenvalue weighted by molar-refractivity contribution is 7.90. The molecule has 1 fully saturated rings. The molecule has 0 spiro atoms. The third kappa shape index (κ3) is 4.92. The molecule has 39 heavy (non-hydrogen) atoms. The number of hydrogen-bond acceptors (Lipinski definition) is 9. The molecule has 1 saturated carbocycles. The summed E-state index contributed by atoms with van der Waals surface area (Å²) in [5, 5.41) is 14.4. The maximum absolute atomic E-state index is 15.1. The number of rotatable bonds is 8. The SMILES string of the molecule is Cc1cc(Nc2nc(N(C)c3c(F)cc(S(C)(=O)=O)cc3F)nc(-c3cnn(C)c3C(N)=O)c2C2CC2)n[nH]1. The molecule has 0 aliphatic heterocycles. The second kappa shape index (κ2) is 9.41. The van der Waals surface area contributed by atoms with Gasteiger partial charge in [0.15, 0.2) is 27.3 Å². The van der Waals surface area contributed by atoms with Crippen LogP contribution < -0.4 is 16.0 Å². The Balaban J connectivity index is 1.74. The molecule has 12 nitrogen and oxygen atoms in total. The van der Waals surface area contributed by atoms with Crippen molar-refractivity contribution < 1.29 is 22.0 Å². The zero-order valence-electron chi connectivity index (χ0n) is 21.5. The molecule has 0 unspecified atom stereocenters. The Hall–Kier alpha value is -4.40. The van der Waals surface area contributed by atoms with Crippen LogP contribution in [0.2, 0.25) is 0 Å². The van der Waals surface area contributed by atoms with Crippen LogP contribution >= 0.6 is 0 Å². The van der Waals surface area contributed by atoms with E-state index in [0.717, 1.165) is 41.8 Å². The molecule has 3 heterocycles. The van der Waals surface area contributed by atoms with Crippen LogP contribution in [0, 0.1) is 18.6 Å². The number of aromatic nitrogens is 6. The van der Waals surface area contributed by atoms with Gasteiger partial charge >= 0.3 is 0 Å². The minimum absolute atomic E-state index is 0.0466. The number of halogens is 2. The van der Waals surface area contributed by atoms with Gasteiger partial charge in [-0.3, -0.25) is 14.6 Å². The second-order valence-electron chi connectivity index (χ2n) is 9.43. The Morgan fingerprint density at radius 1 is 1.21 bits per heavy atom. The van der Waals surface area contributed by atoms with E-state index in [9.17, 15) is 13.2 Å². The van der Waals surface area contributed by atoms with Gasteiger partial charge in [0.25, 0.3) is 5.91 Å². The van der Waals surface area contributed by atoms with Crippen LogP contribution in [0.5, 0.6) is 0 Å². The molecule has 0 radical (unpaired) electrons. The number of nitrogens with one attached hydrogen (secondary N) is 2. The molecule has 204 valence electrons. The van der Waals surface area contributed by atoms with E-state index in [2.05, 4.69) is 30.6 Å². The zero-order valence-corrected chi connectivity index (χ0v) is 22.3. The number of nitrogens with two attached hydrogens (primary N) is 1. The number of amides is 1. The maximum Gasteiger partial charge on any atom is 0.267 e. The molecular formula is C24H25F2N9O3S. The van der Waals surface area contributed by atoms with Crippen LogP contribution in [0.4, 0.5) is 32.1 Å². The number of aryl methyl sites for hydroxylation is 2. The van der Waals surface area contributed by atoms with Gasteiger partial charge in [-0.1, -0.05) is 0 Å². The van der Waals surface area contributed by atoms with Crippen molar-refractivity contribution >= 4 is 39.0 Å². The van der Waals surface area contributed by atoms with Gasteiger partial charge in [-0.2, -0.15) is 15.2 Å². The quantitative estimate of drug-likeness (QED) is 0.295. The van der Waals surface area contributed by atoms with Crippen LogP contribution in [0.15, 0.2) is 29.3 Å². The number of primary amides is 1. The fraction of sp³-hybridized carbons (Fsp3) is 0.292. The average Bonchev–Trinajstić information content (AvgIpc) is 3.48. The van der Waals surface area contributed by atoms with Gasteiger partial charge in [0.05, 0.1) is 22.3 Å². The van der Waals surface area contributed by atoms with E-state index in [1.807, 2.05) is 6.92 Å². The largest absolute Gasteiger partial charge is 0.364 e. The van der Waals surface area contributed by atoms with E-state index < -0.39 is 38.0 Å². The third-order valence-electron chi connectivity index (χ3n) is 6.35. The predicted molar refractivity (Wildman–Crippen MR) is 139 cm³/mol. The minimum Gasteiger partial charge on any atom is -0.364 e. The number of anilines is 4. The summed E-state index contributed by atoms with van der Waals surface area (Å²) < 4.78 is 55.3. The predicted octanol–water partition coefficient (Wildman–Crippen LogP) is 3.08. The first-order valence-electron chi connectivity index (χ1n) is 11.8. The number of benzene rings is 1. The molecule has 5 rings (SSSR count). The minimum atomic E-state index is -3.86. The molecule has 4 N–H and O–H groups in total. The highest BCUT2D eigenvalue weighted by atomic mass is 32.2. The highest BCUT2D eigenvalue weighted by Gasteiger charge is 2.35. The number of carbonyl (C=O) groups is 1. The lowest BCUT2D eigenvalue weighted by Crippen LogP contribution is -2.20. The normalized spacial score (nSPS) is 13.5. The first-order chi connectivity index (χ1) is 18.3. The number of sulfone groups is 1. The number of aromatic amines is 1. The summed E-state index contributed by atoms with van der Waals surface area (Å²) in [5.74, 6) is -2.28. The summed E-state index contributed by atoms with van der Waals surface area (Å²) in [6.45, 7) is 1.82. The van der Waals surface area contributed by atoms with E-state index in [1.54, 1.807) is 13.1 Å². The molecule has 15 heteroatoms. The van der Waals surface area contributed by atoms with Gasteiger partial charge in [0.2, 0.25) is 5.95 Å². The topological polar surface area (TPSA) is 165 Å². The summed E-state index contributed by atoms with van der Waals surface area (Å²) >= 11 is 0. The molecule has 4 aromatic rings. The van der Waals surface area contributed by atoms with Crippen LogP contribution in [-0.2, 0) is 16.9 Å². The van der Waals surface area contributed by atoms with Crippen molar-refractivity contribution in [3.8, 4) is 11.3 Å². The van der Waals surface area contributed by atoms with Crippen molar-refractivity contribution in [1.82, 2.24) is 29.9 Å². The fourth-order valence-electron chi connectivity index (χ4n) is 4.35. The van der Waals surface area contributed by atoms with Crippen molar-refractivity contribution in [2.45, 2.75) is 30.6 Å². The van der Waals surface area contributed by atoms with E-state index in [1.165, 1.54) is 17.9 Å². The Morgan fingerprint density at radius 2 is 1.87 bits per heavy atom. The van der Waals surface area contributed by atoms with Gasteiger partial charge in [0, 0.05) is 37.7 Å². The van der Waals surface area contributed by atoms with Gasteiger partial charge in [-0.25, -0.2) is 22.2 Å². The molecular weight excluding hydrogens is 532 g/mol. The van der Waals surface area contributed by atoms with Crippen LogP contribution in [0.25, 0.3) is 11.3 Å². The van der Waals surface area contributed by atoms with Crippen LogP contribution in [-0.4, -0.2) is 57.6 Å². The summed E-state index contributed by atoms with van der Waals surface area (Å²) in [7, 11) is -0.949. The Bertz CT molecular complexity index is 1710. The summed E-state index contributed by atoms with van der Waals surface area (Å²) in [4.78, 5) is 22.1. The number of carbonyl (C=O) groups excluding carboxylic acids is 1. The monoisotopic (exact) mass is 557 g/mol. The van der Waals surface area contributed by atoms with E-state index in [4.69, 9.17) is 5.73 Å². The van der Waals surface area contributed by atoms with Gasteiger partial charge in [-0.05, 0) is 37.8 Å². The van der Waals surface area contributed by atoms with Gasteiger partial charge in [0.1, 0.15) is 17.2 Å². The first kappa shape index (κ1) is 26.2. The lowest BCUT2D eigenvalue weighted by molar-refractivity contribution is 0.0992. The Labute approximate surface area is 222 Å². The van der Waals surface area contributed by atoms with Gasteiger partial charge < -0.3 is 16.0 Å². The average molecular weight is 558 g/mol. The van der Waals surface area contributed by atoms with E-state index in [0.29, 0.717) is 28.5 Å². The van der Waals surface area contributed by atoms with Crippen LogP contribution in [0.3, 0.4) is 0 Å². The van der Waals surface area contributed by atoms with E-state index in [-0.39, 0.29) is 17.6 Å². The lowest BCUT2D eigenvalue weighted by atomic mass is 10.0. The second-order valence-corrected chi connectivity index (χ2v) is 11.4. The molecule has 1 aromatic carbocycles. The summed E-state index contributed by atoms with van der Waals surface area (Å²) in [5.41, 5.74) is 7.30. The Kier molecular flexibility index (Phi) is 6.33. The van der Waals surface area contributed by atoms with Crippen molar-refractivity contribution in [3.63, 3.8) is 0 Å². The standard InChI is InChI=1S/C24H25F2N9O3S/c1-11-7-17(33-32-11)29-23-18(12-5-6-12)19(14-10-28-35(3)20(14)22(27)36)30-24(31-23)34(2)21-15(25)8-13(9-16(21)26)39(4,37)38/h7-10,12H,5-6H2,1-4H3,(H2,27,36)(H2,29,30,31,32,33). The van der Waals surface area contributed by atoms with Crippen LogP contribution in [0.1, 0.15) is 40.5 Å². The third-order valence-corrected chi connectivity index (χ3v) is 7.45.